The maximum Gasteiger partial charge on any atom is 0.222 e. The van der Waals surface area contributed by atoms with Gasteiger partial charge in [-0.25, -0.2) is 0 Å². The molecule has 1 amide bonds. The number of carbonyl (C=O) groups is 1. The minimum atomic E-state index is 0. The number of benzene rings is 1. The zero-order valence-electron chi connectivity index (χ0n) is 11.8. The molecule has 3 nitrogen and oxygen atoms in total. The van der Waals surface area contributed by atoms with Gasteiger partial charge in [-0.15, -0.1) is 12.4 Å². The van der Waals surface area contributed by atoms with Crippen LogP contribution in [0.1, 0.15) is 18.4 Å². The molecule has 1 aliphatic heterocycles. The lowest BCUT2D eigenvalue weighted by Crippen LogP contribution is -2.30. The summed E-state index contributed by atoms with van der Waals surface area (Å²) in [6, 6.07) is 8.12. The van der Waals surface area contributed by atoms with E-state index in [0.717, 1.165) is 36.9 Å². The first-order valence-electron chi connectivity index (χ1n) is 6.86. The molecule has 0 spiro atoms. The lowest BCUT2D eigenvalue weighted by atomic mass is 10.1. The van der Waals surface area contributed by atoms with Gasteiger partial charge in [-0.1, -0.05) is 34.1 Å². The summed E-state index contributed by atoms with van der Waals surface area (Å²) in [4.78, 5) is 14.2. The van der Waals surface area contributed by atoms with E-state index in [1.54, 1.807) is 0 Å². The second-order valence-electron chi connectivity index (χ2n) is 5.14. The van der Waals surface area contributed by atoms with Gasteiger partial charge in [-0.2, -0.15) is 0 Å². The van der Waals surface area contributed by atoms with E-state index in [4.69, 9.17) is 0 Å². The number of hydrogen-bond acceptors (Lipinski definition) is 2. The summed E-state index contributed by atoms with van der Waals surface area (Å²) in [5, 5.41) is 3.19. The van der Waals surface area contributed by atoms with Gasteiger partial charge in [-0.3, -0.25) is 4.79 Å². The van der Waals surface area contributed by atoms with Crippen LogP contribution < -0.4 is 5.32 Å². The third-order valence-corrected chi connectivity index (χ3v) is 4.47. The van der Waals surface area contributed by atoms with Crippen molar-refractivity contribution in [2.75, 3.05) is 26.7 Å². The molecule has 1 atom stereocenters. The molecule has 0 aliphatic carbocycles. The predicted molar refractivity (Wildman–Crippen MR) is 88.3 cm³/mol. The third-order valence-electron chi connectivity index (χ3n) is 3.70. The molecule has 1 unspecified atom stereocenters. The fourth-order valence-electron chi connectivity index (χ4n) is 2.62. The number of aryl methyl sites for hydroxylation is 1. The van der Waals surface area contributed by atoms with Crippen molar-refractivity contribution in [3.05, 3.63) is 34.3 Å². The smallest absolute Gasteiger partial charge is 0.222 e. The van der Waals surface area contributed by atoms with Crippen LogP contribution in [0.4, 0.5) is 0 Å². The molecule has 20 heavy (non-hydrogen) atoms. The molecule has 0 radical (unpaired) electrons. The average molecular weight is 362 g/mol. The molecule has 1 heterocycles. The second kappa shape index (κ2) is 8.65. The van der Waals surface area contributed by atoms with E-state index in [0.29, 0.717) is 12.3 Å². The SMILES string of the molecule is CNCC1CCN(C(=O)CCc2ccccc2Br)C1.Cl. The minimum absolute atomic E-state index is 0. The third kappa shape index (κ3) is 4.76. The largest absolute Gasteiger partial charge is 0.342 e. The van der Waals surface area contributed by atoms with Crippen LogP contribution in [-0.2, 0) is 11.2 Å². The molecule has 0 saturated carbocycles. The summed E-state index contributed by atoms with van der Waals surface area (Å²) >= 11 is 3.53. The van der Waals surface area contributed by atoms with E-state index in [-0.39, 0.29) is 18.3 Å². The predicted octanol–water partition coefficient (Wildman–Crippen LogP) is 2.87. The molecule has 1 aliphatic rings. The Morgan fingerprint density at radius 1 is 1.45 bits per heavy atom. The Bertz CT molecular complexity index is 442. The molecule has 1 fully saturated rings. The van der Waals surface area contributed by atoms with Crippen molar-refractivity contribution in [2.45, 2.75) is 19.3 Å². The Labute approximate surface area is 135 Å². The molecule has 1 aromatic carbocycles. The van der Waals surface area contributed by atoms with E-state index in [9.17, 15) is 4.79 Å². The summed E-state index contributed by atoms with van der Waals surface area (Å²) in [5.41, 5.74) is 1.21. The number of nitrogens with one attached hydrogen (secondary N) is 1. The lowest BCUT2D eigenvalue weighted by molar-refractivity contribution is -0.130. The minimum Gasteiger partial charge on any atom is -0.342 e. The first kappa shape index (κ1) is 17.5. The van der Waals surface area contributed by atoms with Crippen LogP contribution in [0.3, 0.4) is 0 Å². The number of amides is 1. The molecule has 112 valence electrons. The van der Waals surface area contributed by atoms with Crippen LogP contribution >= 0.6 is 28.3 Å². The Balaban J connectivity index is 0.00000200. The van der Waals surface area contributed by atoms with Crippen molar-refractivity contribution in [3.63, 3.8) is 0 Å². The van der Waals surface area contributed by atoms with Gasteiger partial charge in [0, 0.05) is 24.0 Å². The number of carbonyl (C=O) groups excluding carboxylic acids is 1. The van der Waals surface area contributed by atoms with E-state index in [1.165, 1.54) is 5.56 Å². The van der Waals surface area contributed by atoms with Crippen LogP contribution in [0.5, 0.6) is 0 Å². The van der Waals surface area contributed by atoms with E-state index in [2.05, 4.69) is 27.3 Å². The fourth-order valence-corrected chi connectivity index (χ4v) is 3.10. The quantitative estimate of drug-likeness (QED) is 0.874. The van der Waals surface area contributed by atoms with E-state index >= 15 is 0 Å². The van der Waals surface area contributed by atoms with Crippen LogP contribution in [-0.4, -0.2) is 37.5 Å². The Morgan fingerprint density at radius 2 is 2.20 bits per heavy atom. The molecular weight excluding hydrogens is 340 g/mol. The summed E-state index contributed by atoms with van der Waals surface area (Å²) < 4.78 is 1.09. The van der Waals surface area contributed by atoms with Gasteiger partial charge in [0.15, 0.2) is 0 Å². The van der Waals surface area contributed by atoms with Crippen LogP contribution in [0.15, 0.2) is 28.7 Å². The first-order valence-corrected chi connectivity index (χ1v) is 7.65. The molecule has 1 N–H and O–H groups in total. The Morgan fingerprint density at radius 3 is 2.90 bits per heavy atom. The molecule has 0 aromatic heterocycles. The normalized spacial score (nSPS) is 17.9. The Kier molecular flexibility index (Phi) is 7.56. The topological polar surface area (TPSA) is 32.3 Å². The van der Waals surface area contributed by atoms with E-state index < -0.39 is 0 Å². The highest BCUT2D eigenvalue weighted by molar-refractivity contribution is 9.10. The number of nitrogens with zero attached hydrogens (tertiary/aromatic N) is 1. The van der Waals surface area contributed by atoms with Crippen LogP contribution in [0.2, 0.25) is 0 Å². The molecular formula is C15H22BrClN2O. The number of hydrogen-bond donors (Lipinski definition) is 1. The standard InChI is InChI=1S/C15H21BrN2O.ClH/c1-17-10-12-8-9-18(11-12)15(19)7-6-13-4-2-3-5-14(13)16;/h2-5,12,17H,6-11H2,1H3;1H. The zero-order valence-corrected chi connectivity index (χ0v) is 14.2. The van der Waals surface area contributed by atoms with Crippen molar-refractivity contribution >= 4 is 34.2 Å². The summed E-state index contributed by atoms with van der Waals surface area (Å²) in [6.45, 7) is 2.84. The maximum atomic E-state index is 12.2. The highest BCUT2D eigenvalue weighted by Gasteiger charge is 2.25. The number of halogens is 2. The first-order chi connectivity index (χ1) is 9.20. The Hall–Kier alpha value is -0.580. The molecule has 1 aromatic rings. The molecule has 0 bridgehead atoms. The van der Waals surface area contributed by atoms with Crippen molar-refractivity contribution in [1.29, 1.82) is 0 Å². The fraction of sp³-hybridized carbons (Fsp3) is 0.533. The van der Waals surface area contributed by atoms with Gasteiger partial charge in [0.05, 0.1) is 0 Å². The van der Waals surface area contributed by atoms with Crippen molar-refractivity contribution in [1.82, 2.24) is 10.2 Å². The van der Waals surface area contributed by atoms with Crippen LogP contribution in [0.25, 0.3) is 0 Å². The lowest BCUT2D eigenvalue weighted by Gasteiger charge is -2.16. The maximum absolute atomic E-state index is 12.2. The van der Waals surface area contributed by atoms with Gasteiger partial charge in [0.25, 0.3) is 0 Å². The molecule has 1 saturated heterocycles. The van der Waals surface area contributed by atoms with Gasteiger partial charge in [-0.05, 0) is 44.0 Å². The second-order valence-corrected chi connectivity index (χ2v) is 6.00. The van der Waals surface area contributed by atoms with Crippen LogP contribution in [0, 0.1) is 5.92 Å². The van der Waals surface area contributed by atoms with Gasteiger partial charge in [0.1, 0.15) is 0 Å². The summed E-state index contributed by atoms with van der Waals surface area (Å²) in [5.74, 6) is 0.909. The summed E-state index contributed by atoms with van der Waals surface area (Å²) in [6.07, 6.45) is 2.55. The van der Waals surface area contributed by atoms with Crippen molar-refractivity contribution < 1.29 is 4.79 Å². The zero-order chi connectivity index (χ0) is 13.7. The van der Waals surface area contributed by atoms with Gasteiger partial charge in [0.2, 0.25) is 5.91 Å². The molecule has 2 rings (SSSR count). The number of rotatable bonds is 5. The average Bonchev–Trinajstić information content (AvgIpc) is 2.87. The van der Waals surface area contributed by atoms with Gasteiger partial charge >= 0.3 is 0 Å². The van der Waals surface area contributed by atoms with Crippen molar-refractivity contribution in [2.24, 2.45) is 5.92 Å². The van der Waals surface area contributed by atoms with Crippen molar-refractivity contribution in [3.8, 4) is 0 Å². The summed E-state index contributed by atoms with van der Waals surface area (Å²) in [7, 11) is 1.97. The van der Waals surface area contributed by atoms with Gasteiger partial charge < -0.3 is 10.2 Å². The monoisotopic (exact) mass is 360 g/mol. The molecule has 5 heteroatoms. The van der Waals surface area contributed by atoms with E-state index in [1.807, 2.05) is 30.1 Å². The highest BCUT2D eigenvalue weighted by atomic mass is 79.9. The number of likely N-dealkylation sites (tertiary alicyclic amines) is 1. The highest BCUT2D eigenvalue weighted by Crippen LogP contribution is 2.20.